The van der Waals surface area contributed by atoms with Crippen molar-refractivity contribution >= 4 is 11.5 Å². The van der Waals surface area contributed by atoms with Crippen molar-refractivity contribution < 1.29 is 13.2 Å². The van der Waals surface area contributed by atoms with Gasteiger partial charge < -0.3 is 4.90 Å². The number of hydrogen-bond acceptors (Lipinski definition) is 6. The van der Waals surface area contributed by atoms with E-state index in [1.165, 1.54) is 10.5 Å². The lowest BCUT2D eigenvalue weighted by molar-refractivity contribution is -0.137. The first-order chi connectivity index (χ1) is 13.0. The Morgan fingerprint density at radius 1 is 1.07 bits per heavy atom. The predicted molar refractivity (Wildman–Crippen MR) is 88.9 cm³/mol. The number of nitrogens with zero attached hydrogens (tertiary/aromatic N) is 7. The molecule has 4 rings (SSSR count). The molecule has 1 aliphatic rings. The molecule has 1 atom stereocenters. The molecule has 0 aliphatic carbocycles. The SMILES string of the molecule is N#Cc1ccc(N2CCCC(c3nnc4ccc(C(F)(F)F)cn34)C2)nn1. The van der Waals surface area contributed by atoms with E-state index in [0.29, 0.717) is 23.8 Å². The number of halogens is 3. The van der Waals surface area contributed by atoms with Crippen LogP contribution in [0.15, 0.2) is 30.5 Å². The van der Waals surface area contributed by atoms with Gasteiger partial charge in [0.2, 0.25) is 0 Å². The number of hydrogen-bond donors (Lipinski definition) is 0. The third kappa shape index (κ3) is 3.28. The Hall–Kier alpha value is -3.22. The summed E-state index contributed by atoms with van der Waals surface area (Å²) < 4.78 is 40.5. The summed E-state index contributed by atoms with van der Waals surface area (Å²) in [5.74, 6) is 1.04. The van der Waals surface area contributed by atoms with Gasteiger partial charge in [-0.25, -0.2) is 0 Å². The van der Waals surface area contributed by atoms with E-state index in [9.17, 15) is 13.2 Å². The molecule has 0 saturated carbocycles. The fraction of sp³-hybridized carbons (Fsp3) is 0.353. The number of aromatic nitrogens is 5. The van der Waals surface area contributed by atoms with E-state index in [0.717, 1.165) is 31.6 Å². The van der Waals surface area contributed by atoms with Crippen LogP contribution in [0, 0.1) is 11.3 Å². The third-order valence-electron chi connectivity index (χ3n) is 4.63. The lowest BCUT2D eigenvalue weighted by Gasteiger charge is -2.32. The average molecular weight is 373 g/mol. The second-order valence-corrected chi connectivity index (χ2v) is 6.38. The van der Waals surface area contributed by atoms with Gasteiger partial charge in [0.25, 0.3) is 0 Å². The van der Waals surface area contributed by atoms with Gasteiger partial charge in [0, 0.05) is 25.2 Å². The zero-order valence-electron chi connectivity index (χ0n) is 14.1. The molecule has 0 aromatic carbocycles. The number of pyridine rings is 1. The second-order valence-electron chi connectivity index (χ2n) is 6.38. The van der Waals surface area contributed by atoms with Gasteiger partial charge in [-0.1, -0.05) is 0 Å². The van der Waals surface area contributed by atoms with E-state index in [4.69, 9.17) is 5.26 Å². The van der Waals surface area contributed by atoms with Crippen LogP contribution in [-0.4, -0.2) is 37.9 Å². The average Bonchev–Trinajstić information content (AvgIpc) is 3.11. The Morgan fingerprint density at radius 2 is 1.93 bits per heavy atom. The lowest BCUT2D eigenvalue weighted by Crippen LogP contribution is -2.35. The van der Waals surface area contributed by atoms with Crippen molar-refractivity contribution in [3.8, 4) is 6.07 Å². The molecule has 1 aliphatic heterocycles. The minimum atomic E-state index is -4.42. The van der Waals surface area contributed by atoms with Crippen LogP contribution < -0.4 is 4.90 Å². The van der Waals surface area contributed by atoms with E-state index in [1.807, 2.05) is 11.0 Å². The van der Waals surface area contributed by atoms with Crippen molar-refractivity contribution in [2.75, 3.05) is 18.0 Å². The summed E-state index contributed by atoms with van der Waals surface area (Å²) >= 11 is 0. The zero-order valence-corrected chi connectivity index (χ0v) is 14.1. The molecule has 138 valence electrons. The molecular formula is C17H14F3N7. The maximum Gasteiger partial charge on any atom is 0.417 e. The van der Waals surface area contributed by atoms with E-state index in [1.54, 1.807) is 12.1 Å². The first-order valence-corrected chi connectivity index (χ1v) is 8.36. The van der Waals surface area contributed by atoms with Crippen LogP contribution in [0.5, 0.6) is 0 Å². The number of nitriles is 1. The topological polar surface area (TPSA) is 83.0 Å². The molecule has 0 bridgehead atoms. The van der Waals surface area contributed by atoms with Gasteiger partial charge in [-0.15, -0.1) is 20.4 Å². The first-order valence-electron chi connectivity index (χ1n) is 8.36. The maximum atomic E-state index is 13.0. The fourth-order valence-electron chi connectivity index (χ4n) is 3.30. The monoisotopic (exact) mass is 373 g/mol. The number of alkyl halides is 3. The summed E-state index contributed by atoms with van der Waals surface area (Å²) in [5.41, 5.74) is -0.120. The van der Waals surface area contributed by atoms with E-state index in [-0.39, 0.29) is 11.6 Å². The van der Waals surface area contributed by atoms with Crippen LogP contribution >= 0.6 is 0 Å². The number of piperidine rings is 1. The number of fused-ring (bicyclic) bond motifs is 1. The largest absolute Gasteiger partial charge is 0.417 e. The van der Waals surface area contributed by atoms with Crippen LogP contribution in [0.4, 0.5) is 19.0 Å². The normalized spacial score (nSPS) is 17.9. The molecule has 3 aromatic rings. The van der Waals surface area contributed by atoms with Crippen molar-refractivity contribution in [2.24, 2.45) is 0 Å². The summed E-state index contributed by atoms with van der Waals surface area (Å²) in [5, 5.41) is 24.9. The third-order valence-corrected chi connectivity index (χ3v) is 4.63. The predicted octanol–water partition coefficient (Wildman–Crippen LogP) is 2.79. The van der Waals surface area contributed by atoms with E-state index in [2.05, 4.69) is 20.4 Å². The molecule has 10 heteroatoms. The Bertz CT molecular complexity index is 1000. The molecular weight excluding hydrogens is 359 g/mol. The lowest BCUT2D eigenvalue weighted by atomic mass is 9.97. The molecule has 0 N–H and O–H groups in total. The van der Waals surface area contributed by atoms with Gasteiger partial charge in [-0.05, 0) is 37.1 Å². The van der Waals surface area contributed by atoms with E-state index < -0.39 is 11.7 Å². The highest BCUT2D eigenvalue weighted by Crippen LogP contribution is 2.32. The molecule has 3 aromatic heterocycles. The van der Waals surface area contributed by atoms with Crippen molar-refractivity contribution in [1.82, 2.24) is 24.8 Å². The summed E-state index contributed by atoms with van der Waals surface area (Å²) in [6, 6.07) is 7.56. The standard InChI is InChI=1S/C17H14F3N7/c18-17(19,20)12-3-5-15-24-25-16(27(15)10-12)11-2-1-7-26(9-11)14-6-4-13(8-21)22-23-14/h3-6,10-11H,1-2,7,9H2. The number of rotatable bonds is 2. The molecule has 4 heterocycles. The quantitative estimate of drug-likeness (QED) is 0.687. The van der Waals surface area contributed by atoms with Crippen molar-refractivity contribution in [2.45, 2.75) is 24.9 Å². The summed E-state index contributed by atoms with van der Waals surface area (Å²) in [6.45, 7) is 1.29. The Balaban J connectivity index is 1.63. The first kappa shape index (κ1) is 17.2. The minimum Gasteiger partial charge on any atom is -0.354 e. The summed E-state index contributed by atoms with van der Waals surface area (Å²) in [7, 11) is 0. The summed E-state index contributed by atoms with van der Waals surface area (Å²) in [4.78, 5) is 2.00. The van der Waals surface area contributed by atoms with Crippen LogP contribution in [-0.2, 0) is 6.18 Å². The zero-order chi connectivity index (χ0) is 19.0. The van der Waals surface area contributed by atoms with Crippen LogP contribution in [0.3, 0.4) is 0 Å². The summed E-state index contributed by atoms with van der Waals surface area (Å²) in [6.07, 6.45) is -1.75. The van der Waals surface area contributed by atoms with Crippen LogP contribution in [0.25, 0.3) is 5.65 Å². The van der Waals surface area contributed by atoms with Gasteiger partial charge in [-0.2, -0.15) is 18.4 Å². The molecule has 0 amide bonds. The highest BCUT2D eigenvalue weighted by molar-refractivity contribution is 5.43. The Labute approximate surface area is 152 Å². The molecule has 1 saturated heterocycles. The van der Waals surface area contributed by atoms with Gasteiger partial charge >= 0.3 is 6.18 Å². The van der Waals surface area contributed by atoms with Gasteiger partial charge in [0.15, 0.2) is 17.2 Å². The minimum absolute atomic E-state index is 0.0883. The molecule has 0 radical (unpaired) electrons. The number of anilines is 1. The van der Waals surface area contributed by atoms with Crippen molar-refractivity contribution in [3.63, 3.8) is 0 Å². The van der Waals surface area contributed by atoms with Crippen LogP contribution in [0.1, 0.15) is 35.8 Å². The van der Waals surface area contributed by atoms with Gasteiger partial charge in [0.05, 0.1) is 5.56 Å². The Kier molecular flexibility index (Phi) is 4.14. The maximum absolute atomic E-state index is 13.0. The highest BCUT2D eigenvalue weighted by atomic mass is 19.4. The van der Waals surface area contributed by atoms with Gasteiger partial charge in [-0.3, -0.25) is 4.40 Å². The molecule has 1 unspecified atom stereocenters. The van der Waals surface area contributed by atoms with E-state index >= 15 is 0 Å². The molecule has 27 heavy (non-hydrogen) atoms. The van der Waals surface area contributed by atoms with Crippen molar-refractivity contribution in [3.05, 3.63) is 47.5 Å². The highest BCUT2D eigenvalue weighted by Gasteiger charge is 2.32. The molecule has 1 fully saturated rings. The fourth-order valence-corrected chi connectivity index (χ4v) is 3.30. The molecule has 7 nitrogen and oxygen atoms in total. The Morgan fingerprint density at radius 3 is 2.63 bits per heavy atom. The van der Waals surface area contributed by atoms with Gasteiger partial charge in [0.1, 0.15) is 11.9 Å². The second kappa shape index (κ2) is 6.50. The smallest absolute Gasteiger partial charge is 0.354 e. The van der Waals surface area contributed by atoms with Crippen molar-refractivity contribution in [1.29, 1.82) is 5.26 Å². The van der Waals surface area contributed by atoms with Crippen LogP contribution in [0.2, 0.25) is 0 Å². The molecule has 0 spiro atoms.